The molecule has 3 N–H and O–H groups in total. The Bertz CT molecular complexity index is 568. The van der Waals surface area contributed by atoms with Gasteiger partial charge in [0.1, 0.15) is 11.1 Å². The molecule has 1 aliphatic carbocycles. The van der Waals surface area contributed by atoms with Crippen molar-refractivity contribution in [1.29, 1.82) is 0 Å². The number of sulfonamides is 1. The predicted molar refractivity (Wildman–Crippen MR) is 73.1 cm³/mol. The topological polar surface area (TPSA) is 83.6 Å². The van der Waals surface area contributed by atoms with Crippen LogP contribution in [0.5, 0.6) is 0 Å². The van der Waals surface area contributed by atoms with Gasteiger partial charge in [-0.05, 0) is 31.4 Å². The molecule has 1 aromatic rings. The van der Waals surface area contributed by atoms with Gasteiger partial charge in [0.2, 0.25) is 10.0 Å². The van der Waals surface area contributed by atoms with Crippen molar-refractivity contribution in [3.63, 3.8) is 0 Å². The number of hydrogen-bond acceptors (Lipinski definition) is 4. The van der Waals surface area contributed by atoms with Crippen LogP contribution in [0, 0.1) is 0 Å². The second kappa shape index (κ2) is 5.38. The Morgan fingerprint density at radius 3 is 2.63 bits per heavy atom. The number of benzene rings is 1. The molecule has 1 aliphatic rings. The lowest BCUT2D eigenvalue weighted by molar-refractivity contribution is 0.0755. The van der Waals surface area contributed by atoms with Gasteiger partial charge < -0.3 is 10.8 Å². The van der Waals surface area contributed by atoms with Crippen LogP contribution in [0.25, 0.3) is 0 Å². The largest absolute Gasteiger partial charge is 0.378 e. The third-order valence-electron chi connectivity index (χ3n) is 3.08. The molecule has 0 heterocycles. The molecular formula is C12H17ClN2O3S. The maximum Gasteiger partial charge on any atom is 0.247 e. The van der Waals surface area contributed by atoms with E-state index in [0.717, 1.165) is 17.1 Å². The van der Waals surface area contributed by atoms with Gasteiger partial charge in [-0.2, -0.15) is 4.31 Å². The molecule has 1 unspecified atom stereocenters. The molecule has 0 amide bonds. The minimum Gasteiger partial charge on any atom is -0.378 e. The Kier molecular flexibility index (Phi) is 4.17. The van der Waals surface area contributed by atoms with Crippen LogP contribution >= 0.6 is 11.6 Å². The summed E-state index contributed by atoms with van der Waals surface area (Å²) in [4.78, 5) is 0.00645. The Labute approximate surface area is 118 Å². The Hall–Kier alpha value is -0.660. The molecule has 5 nitrogen and oxygen atoms in total. The molecule has 0 aromatic heterocycles. The molecule has 1 fully saturated rings. The quantitative estimate of drug-likeness (QED) is 0.803. The summed E-state index contributed by atoms with van der Waals surface area (Å²) in [5.74, 6) is 0. The smallest absolute Gasteiger partial charge is 0.247 e. The second-order valence-corrected chi connectivity index (χ2v) is 6.82. The fourth-order valence-corrected chi connectivity index (χ4v) is 4.64. The van der Waals surface area contributed by atoms with E-state index in [9.17, 15) is 13.5 Å². The molecule has 7 heteroatoms. The number of halogens is 1. The Morgan fingerprint density at radius 1 is 1.53 bits per heavy atom. The highest BCUT2D eigenvalue weighted by molar-refractivity contribution is 7.89. The lowest BCUT2D eigenvalue weighted by atomic mass is 10.2. The van der Waals surface area contributed by atoms with Crippen molar-refractivity contribution >= 4 is 21.6 Å². The minimum atomic E-state index is -3.84. The number of nitrogens with zero attached hydrogens (tertiary/aromatic N) is 1. The minimum absolute atomic E-state index is 0.00645. The molecule has 1 atom stereocenters. The average molecular weight is 305 g/mol. The van der Waals surface area contributed by atoms with Gasteiger partial charge in [0.25, 0.3) is 0 Å². The Balaban J connectivity index is 2.55. The van der Waals surface area contributed by atoms with E-state index in [-0.39, 0.29) is 22.5 Å². The first-order valence-corrected chi connectivity index (χ1v) is 7.90. The molecule has 1 saturated carbocycles. The van der Waals surface area contributed by atoms with Crippen LogP contribution in [0.3, 0.4) is 0 Å². The first kappa shape index (κ1) is 14.7. The lowest BCUT2D eigenvalue weighted by Crippen LogP contribution is -2.40. The van der Waals surface area contributed by atoms with E-state index in [1.807, 2.05) is 0 Å². The third kappa shape index (κ3) is 2.78. The van der Waals surface area contributed by atoms with Crippen LogP contribution in [0.15, 0.2) is 23.1 Å². The first-order chi connectivity index (χ1) is 8.89. The van der Waals surface area contributed by atoms with E-state index in [2.05, 4.69) is 0 Å². The lowest BCUT2D eigenvalue weighted by Gasteiger charge is -2.26. The third-order valence-corrected chi connectivity index (χ3v) is 5.66. The average Bonchev–Trinajstić information content (AvgIpc) is 3.11. The summed E-state index contributed by atoms with van der Waals surface area (Å²) in [5, 5.41) is 9.88. The monoisotopic (exact) mass is 304 g/mol. The normalized spacial score (nSPS) is 17.7. The molecular weight excluding hydrogens is 288 g/mol. The van der Waals surface area contributed by atoms with Crippen molar-refractivity contribution in [2.24, 2.45) is 5.73 Å². The highest BCUT2D eigenvalue weighted by Crippen LogP contribution is 2.36. The van der Waals surface area contributed by atoms with E-state index in [1.165, 1.54) is 13.0 Å². The van der Waals surface area contributed by atoms with Crippen molar-refractivity contribution in [3.05, 3.63) is 28.8 Å². The van der Waals surface area contributed by atoms with Gasteiger partial charge in [-0.15, -0.1) is 0 Å². The number of rotatable bonds is 5. The number of aliphatic hydroxyl groups is 1. The summed E-state index contributed by atoms with van der Waals surface area (Å²) in [5.41, 5.74) is 6.04. The zero-order valence-corrected chi connectivity index (χ0v) is 12.2. The predicted octanol–water partition coefficient (Wildman–Crippen LogP) is 1.29. The highest BCUT2D eigenvalue weighted by atomic mass is 35.5. The van der Waals surface area contributed by atoms with Gasteiger partial charge in [-0.3, -0.25) is 0 Å². The highest BCUT2D eigenvalue weighted by Gasteiger charge is 2.42. The van der Waals surface area contributed by atoms with Crippen molar-refractivity contribution in [3.8, 4) is 0 Å². The van der Waals surface area contributed by atoms with Gasteiger partial charge in [0.05, 0.1) is 5.02 Å². The van der Waals surface area contributed by atoms with Gasteiger partial charge in [-0.25, -0.2) is 8.42 Å². The van der Waals surface area contributed by atoms with Crippen LogP contribution in [-0.2, 0) is 16.6 Å². The molecule has 2 rings (SSSR count). The molecule has 0 bridgehead atoms. The maximum atomic E-state index is 12.7. The Morgan fingerprint density at radius 2 is 2.16 bits per heavy atom. The van der Waals surface area contributed by atoms with Crippen LogP contribution in [-0.4, -0.2) is 30.1 Å². The standard InChI is InChI=1S/C12H17ClN2O3S/c1-8(16)15(10-5-6-10)19(17,18)12-9(7-14)3-2-4-11(12)13/h2-4,8,10,16H,5-7,14H2,1H3. The fourth-order valence-electron chi connectivity index (χ4n) is 2.14. The number of hydrogen-bond donors (Lipinski definition) is 2. The zero-order chi connectivity index (χ0) is 14.2. The van der Waals surface area contributed by atoms with Crippen molar-refractivity contribution in [2.45, 2.75) is 43.5 Å². The van der Waals surface area contributed by atoms with Gasteiger partial charge >= 0.3 is 0 Å². The maximum absolute atomic E-state index is 12.7. The van der Waals surface area contributed by atoms with Crippen molar-refractivity contribution in [2.75, 3.05) is 0 Å². The van der Waals surface area contributed by atoms with E-state index in [1.54, 1.807) is 12.1 Å². The molecule has 106 valence electrons. The summed E-state index contributed by atoms with van der Waals surface area (Å²) in [6.07, 6.45) is 0.429. The summed E-state index contributed by atoms with van der Waals surface area (Å²) in [6, 6.07) is 4.66. The van der Waals surface area contributed by atoms with Gasteiger partial charge in [0, 0.05) is 12.6 Å². The molecule has 0 aliphatic heterocycles. The van der Waals surface area contributed by atoms with E-state index < -0.39 is 16.3 Å². The van der Waals surface area contributed by atoms with E-state index in [4.69, 9.17) is 17.3 Å². The van der Waals surface area contributed by atoms with Crippen molar-refractivity contribution in [1.82, 2.24) is 4.31 Å². The second-order valence-electron chi connectivity index (χ2n) is 4.63. The van der Waals surface area contributed by atoms with Gasteiger partial charge in [-0.1, -0.05) is 23.7 Å². The van der Waals surface area contributed by atoms with Crippen LogP contribution in [0.1, 0.15) is 25.3 Å². The number of nitrogens with two attached hydrogens (primary N) is 1. The molecule has 1 aromatic carbocycles. The fraction of sp³-hybridized carbons (Fsp3) is 0.500. The van der Waals surface area contributed by atoms with Crippen LogP contribution in [0.2, 0.25) is 5.02 Å². The zero-order valence-electron chi connectivity index (χ0n) is 10.6. The first-order valence-electron chi connectivity index (χ1n) is 6.08. The van der Waals surface area contributed by atoms with Gasteiger partial charge in [0.15, 0.2) is 0 Å². The summed E-state index contributed by atoms with van der Waals surface area (Å²) in [7, 11) is -3.84. The SMILES string of the molecule is CC(O)N(C1CC1)S(=O)(=O)c1c(Cl)cccc1CN. The molecule has 19 heavy (non-hydrogen) atoms. The van der Waals surface area contributed by atoms with Crippen LogP contribution < -0.4 is 5.73 Å². The summed E-state index contributed by atoms with van der Waals surface area (Å²) >= 11 is 6.02. The van der Waals surface area contributed by atoms with Crippen LogP contribution in [0.4, 0.5) is 0 Å². The summed E-state index contributed by atoms with van der Waals surface area (Å²) in [6.45, 7) is 1.52. The number of aliphatic hydroxyl groups excluding tert-OH is 1. The molecule has 0 spiro atoms. The molecule has 0 saturated heterocycles. The molecule has 0 radical (unpaired) electrons. The summed E-state index contributed by atoms with van der Waals surface area (Å²) < 4.78 is 26.5. The van der Waals surface area contributed by atoms with Crippen molar-refractivity contribution < 1.29 is 13.5 Å². The van der Waals surface area contributed by atoms with E-state index in [0.29, 0.717) is 5.56 Å². The van der Waals surface area contributed by atoms with E-state index >= 15 is 0 Å².